The topological polar surface area (TPSA) is 41.6 Å². The maximum atomic E-state index is 13.8. The van der Waals surface area contributed by atoms with Crippen LogP contribution in [0.1, 0.15) is 24.0 Å². The van der Waals surface area contributed by atoms with E-state index in [0.29, 0.717) is 25.6 Å². The summed E-state index contributed by atoms with van der Waals surface area (Å²) >= 11 is 0. The summed E-state index contributed by atoms with van der Waals surface area (Å²) < 4.78 is 19.5. The molecule has 4 rings (SSSR count). The van der Waals surface area contributed by atoms with Crippen LogP contribution < -0.4 is 10.1 Å². The molecule has 0 bridgehead atoms. The van der Waals surface area contributed by atoms with Crippen molar-refractivity contribution in [3.05, 3.63) is 65.5 Å². The Morgan fingerprint density at radius 3 is 2.68 bits per heavy atom. The number of benzene rings is 2. The van der Waals surface area contributed by atoms with Crippen molar-refractivity contribution in [2.75, 3.05) is 26.2 Å². The van der Waals surface area contributed by atoms with Gasteiger partial charge < -0.3 is 10.1 Å². The fourth-order valence-electron chi connectivity index (χ4n) is 4.10. The van der Waals surface area contributed by atoms with Crippen molar-refractivity contribution in [1.82, 2.24) is 10.2 Å². The van der Waals surface area contributed by atoms with Gasteiger partial charge in [0.05, 0.1) is 5.92 Å². The van der Waals surface area contributed by atoms with Gasteiger partial charge in [0.1, 0.15) is 18.2 Å². The summed E-state index contributed by atoms with van der Waals surface area (Å²) in [5, 5.41) is 3.13. The first kappa shape index (κ1) is 18.9. The maximum Gasteiger partial charge on any atom is 0.226 e. The SMILES string of the molecule is O=C(NCC1CCN(Cc2ccccc2F)CC1)[C@@H]1COc2ccccc2C1. The summed E-state index contributed by atoms with van der Waals surface area (Å²) in [5.74, 6) is 1.22. The number of nitrogens with zero attached hydrogens (tertiary/aromatic N) is 1. The Balaban J connectivity index is 1.20. The van der Waals surface area contributed by atoms with E-state index in [1.54, 1.807) is 6.07 Å². The lowest BCUT2D eigenvalue weighted by Crippen LogP contribution is -2.42. The number of fused-ring (bicyclic) bond motifs is 1. The van der Waals surface area contributed by atoms with E-state index in [1.807, 2.05) is 36.4 Å². The summed E-state index contributed by atoms with van der Waals surface area (Å²) in [6.07, 6.45) is 2.79. The highest BCUT2D eigenvalue weighted by molar-refractivity contribution is 5.79. The molecule has 4 nitrogen and oxygen atoms in total. The van der Waals surface area contributed by atoms with Crippen molar-refractivity contribution in [2.24, 2.45) is 11.8 Å². The van der Waals surface area contributed by atoms with Gasteiger partial charge in [-0.1, -0.05) is 36.4 Å². The van der Waals surface area contributed by atoms with Gasteiger partial charge in [0.2, 0.25) is 5.91 Å². The first-order chi connectivity index (χ1) is 13.7. The molecule has 0 aromatic heterocycles. The van der Waals surface area contributed by atoms with E-state index in [1.165, 1.54) is 6.07 Å². The molecular weight excluding hydrogens is 355 g/mol. The molecule has 1 fully saturated rings. The summed E-state index contributed by atoms with van der Waals surface area (Å²) in [6, 6.07) is 14.9. The monoisotopic (exact) mass is 382 g/mol. The third kappa shape index (κ3) is 4.53. The fraction of sp³-hybridized carbons (Fsp3) is 0.435. The predicted octanol–water partition coefficient (Wildman–Crippen LogP) is 3.41. The molecule has 1 amide bonds. The number of likely N-dealkylation sites (tertiary alicyclic amines) is 1. The van der Waals surface area contributed by atoms with Gasteiger partial charge in [0.25, 0.3) is 0 Å². The van der Waals surface area contributed by atoms with Gasteiger partial charge in [0.15, 0.2) is 0 Å². The highest BCUT2D eigenvalue weighted by atomic mass is 19.1. The Bertz CT molecular complexity index is 818. The molecule has 0 radical (unpaired) electrons. The average Bonchev–Trinajstić information content (AvgIpc) is 2.74. The Labute approximate surface area is 165 Å². The fourth-order valence-corrected chi connectivity index (χ4v) is 4.10. The van der Waals surface area contributed by atoms with Gasteiger partial charge >= 0.3 is 0 Å². The van der Waals surface area contributed by atoms with Crippen molar-refractivity contribution in [1.29, 1.82) is 0 Å². The summed E-state index contributed by atoms with van der Waals surface area (Å²) in [4.78, 5) is 14.8. The van der Waals surface area contributed by atoms with Gasteiger partial charge in [-0.15, -0.1) is 0 Å². The molecule has 2 heterocycles. The molecule has 0 unspecified atom stereocenters. The van der Waals surface area contributed by atoms with Crippen LogP contribution >= 0.6 is 0 Å². The van der Waals surface area contributed by atoms with E-state index in [4.69, 9.17) is 4.74 Å². The second-order valence-electron chi connectivity index (χ2n) is 7.88. The summed E-state index contributed by atoms with van der Waals surface area (Å²) in [7, 11) is 0. The Morgan fingerprint density at radius 2 is 1.86 bits per heavy atom. The Hall–Kier alpha value is -2.40. The molecule has 0 spiro atoms. The molecule has 0 saturated carbocycles. The van der Waals surface area contributed by atoms with Crippen LogP contribution in [0.15, 0.2) is 48.5 Å². The number of piperidine rings is 1. The van der Waals surface area contributed by atoms with Gasteiger partial charge in [0, 0.05) is 18.7 Å². The van der Waals surface area contributed by atoms with E-state index in [2.05, 4.69) is 10.2 Å². The lowest BCUT2D eigenvalue weighted by atomic mass is 9.94. The van der Waals surface area contributed by atoms with E-state index in [0.717, 1.165) is 49.2 Å². The molecular formula is C23H27FN2O2. The van der Waals surface area contributed by atoms with Crippen LogP contribution in [0, 0.1) is 17.7 Å². The summed E-state index contributed by atoms with van der Waals surface area (Å²) in [5.41, 5.74) is 1.86. The Kier molecular flexibility index (Phi) is 5.91. The molecule has 0 aliphatic carbocycles. The molecule has 1 N–H and O–H groups in total. The lowest BCUT2D eigenvalue weighted by Gasteiger charge is -2.32. The zero-order valence-corrected chi connectivity index (χ0v) is 16.1. The van der Waals surface area contributed by atoms with Gasteiger partial charge in [-0.2, -0.15) is 0 Å². The Morgan fingerprint density at radius 1 is 1.11 bits per heavy atom. The van der Waals surface area contributed by atoms with Crippen LogP contribution in [0.5, 0.6) is 5.75 Å². The normalized spacial score (nSPS) is 20.2. The van der Waals surface area contributed by atoms with Crippen molar-refractivity contribution < 1.29 is 13.9 Å². The number of halogens is 1. The second kappa shape index (κ2) is 8.74. The zero-order chi connectivity index (χ0) is 19.3. The third-order valence-electron chi connectivity index (χ3n) is 5.87. The average molecular weight is 382 g/mol. The molecule has 28 heavy (non-hydrogen) atoms. The quantitative estimate of drug-likeness (QED) is 0.862. The largest absolute Gasteiger partial charge is 0.492 e. The number of hydrogen-bond donors (Lipinski definition) is 1. The molecule has 5 heteroatoms. The number of carbonyl (C=O) groups is 1. The van der Waals surface area contributed by atoms with Crippen LogP contribution in [-0.2, 0) is 17.8 Å². The standard InChI is InChI=1S/C23H27FN2O2/c24-21-7-3-1-6-19(21)15-26-11-9-17(10-12-26)14-25-23(27)20-13-18-5-2-4-8-22(18)28-16-20/h1-8,17,20H,9-16H2,(H,25,27)/t20-/m0/s1. The minimum absolute atomic E-state index is 0.0864. The molecule has 2 aliphatic heterocycles. The van der Waals surface area contributed by atoms with Crippen LogP contribution in [0.2, 0.25) is 0 Å². The van der Waals surface area contributed by atoms with Crippen LogP contribution in [-0.4, -0.2) is 37.0 Å². The van der Waals surface area contributed by atoms with Crippen LogP contribution in [0.3, 0.4) is 0 Å². The number of carbonyl (C=O) groups excluding carboxylic acids is 1. The highest BCUT2D eigenvalue weighted by Gasteiger charge is 2.27. The zero-order valence-electron chi connectivity index (χ0n) is 16.1. The first-order valence-corrected chi connectivity index (χ1v) is 10.1. The number of hydrogen-bond acceptors (Lipinski definition) is 3. The lowest BCUT2D eigenvalue weighted by molar-refractivity contribution is -0.126. The van der Waals surface area contributed by atoms with Crippen molar-refractivity contribution in [2.45, 2.75) is 25.8 Å². The van der Waals surface area contributed by atoms with Crippen molar-refractivity contribution >= 4 is 5.91 Å². The van der Waals surface area contributed by atoms with Gasteiger partial charge in [-0.25, -0.2) is 4.39 Å². The number of rotatable bonds is 5. The number of amides is 1. The number of ether oxygens (including phenoxy) is 1. The molecule has 2 aromatic rings. The smallest absolute Gasteiger partial charge is 0.226 e. The highest BCUT2D eigenvalue weighted by Crippen LogP contribution is 2.27. The molecule has 2 aliphatic rings. The van der Waals surface area contributed by atoms with E-state index < -0.39 is 0 Å². The molecule has 148 valence electrons. The maximum absolute atomic E-state index is 13.8. The van der Waals surface area contributed by atoms with E-state index >= 15 is 0 Å². The van der Waals surface area contributed by atoms with Crippen molar-refractivity contribution in [3.8, 4) is 5.75 Å². The van der Waals surface area contributed by atoms with Crippen LogP contribution in [0.25, 0.3) is 0 Å². The van der Waals surface area contributed by atoms with Gasteiger partial charge in [-0.05, 0) is 56.0 Å². The first-order valence-electron chi connectivity index (χ1n) is 10.1. The number of para-hydroxylation sites is 1. The minimum atomic E-state index is -0.131. The minimum Gasteiger partial charge on any atom is -0.492 e. The second-order valence-corrected chi connectivity index (χ2v) is 7.88. The molecule has 1 saturated heterocycles. The van der Waals surface area contributed by atoms with E-state index in [9.17, 15) is 9.18 Å². The molecule has 2 aromatic carbocycles. The van der Waals surface area contributed by atoms with Gasteiger partial charge in [-0.3, -0.25) is 9.69 Å². The van der Waals surface area contributed by atoms with Crippen molar-refractivity contribution in [3.63, 3.8) is 0 Å². The molecule has 1 atom stereocenters. The van der Waals surface area contributed by atoms with Crippen LogP contribution in [0.4, 0.5) is 4.39 Å². The third-order valence-corrected chi connectivity index (χ3v) is 5.87. The summed E-state index contributed by atoms with van der Waals surface area (Å²) in [6.45, 7) is 3.70. The predicted molar refractivity (Wildman–Crippen MR) is 107 cm³/mol. The number of nitrogens with one attached hydrogen (secondary N) is 1. The van der Waals surface area contributed by atoms with E-state index in [-0.39, 0.29) is 17.6 Å².